The van der Waals surface area contributed by atoms with Gasteiger partial charge in [-0.2, -0.15) is 0 Å². The van der Waals surface area contributed by atoms with Crippen LogP contribution in [0, 0.1) is 10.8 Å². The Hall–Kier alpha value is -0.530. The van der Waals surface area contributed by atoms with Gasteiger partial charge in [0, 0.05) is 18.0 Å². The second-order valence-corrected chi connectivity index (χ2v) is 5.14. The number of likely N-dealkylation sites (tertiary alicyclic amines) is 1. The van der Waals surface area contributed by atoms with E-state index in [4.69, 9.17) is 5.41 Å². The predicted molar refractivity (Wildman–Crippen MR) is 57.2 cm³/mol. The second kappa shape index (κ2) is 3.69. The van der Waals surface area contributed by atoms with Crippen LogP contribution >= 0.6 is 0 Å². The highest BCUT2D eigenvalue weighted by Crippen LogP contribution is 2.24. The number of nitrogens with one attached hydrogen (secondary N) is 1. The molecule has 1 rings (SSSR count). The molecule has 0 aromatic carbocycles. The molecule has 0 bridgehead atoms. The molecule has 1 aliphatic heterocycles. The van der Waals surface area contributed by atoms with Crippen LogP contribution in [0.1, 0.15) is 47.0 Å². The van der Waals surface area contributed by atoms with Gasteiger partial charge < -0.3 is 4.90 Å². The minimum Gasteiger partial charge on any atom is -0.357 e. The Bertz CT molecular complexity index is 191. The summed E-state index contributed by atoms with van der Waals surface area (Å²) in [6, 6.07) is 0.570. The molecule has 0 aliphatic carbocycles. The maximum Gasteiger partial charge on any atom is 0.101 e. The van der Waals surface area contributed by atoms with E-state index in [1.165, 1.54) is 19.3 Å². The number of amidine groups is 1. The second-order valence-electron chi connectivity index (χ2n) is 5.14. The van der Waals surface area contributed by atoms with E-state index in [-0.39, 0.29) is 5.41 Å². The first-order valence-corrected chi connectivity index (χ1v) is 5.28. The number of rotatable bonds is 0. The predicted octanol–water partition coefficient (Wildman–Crippen LogP) is 2.88. The molecular weight excluding hydrogens is 160 g/mol. The van der Waals surface area contributed by atoms with Crippen molar-refractivity contribution in [3.63, 3.8) is 0 Å². The third-order valence-electron chi connectivity index (χ3n) is 2.80. The van der Waals surface area contributed by atoms with Crippen molar-refractivity contribution < 1.29 is 0 Å². The monoisotopic (exact) mass is 182 g/mol. The van der Waals surface area contributed by atoms with Gasteiger partial charge in [-0.1, -0.05) is 20.8 Å². The van der Waals surface area contributed by atoms with Crippen molar-refractivity contribution in [2.45, 2.75) is 53.0 Å². The van der Waals surface area contributed by atoms with E-state index in [1.54, 1.807) is 0 Å². The Morgan fingerprint density at radius 3 is 2.38 bits per heavy atom. The van der Waals surface area contributed by atoms with Crippen LogP contribution in [0.25, 0.3) is 0 Å². The maximum absolute atomic E-state index is 8.09. The SMILES string of the molecule is CC1CCCCN1C(=N)C(C)(C)C. The number of hydrogen-bond acceptors (Lipinski definition) is 1. The van der Waals surface area contributed by atoms with Gasteiger partial charge in [0.2, 0.25) is 0 Å². The fourth-order valence-corrected chi connectivity index (χ4v) is 1.86. The number of piperidine rings is 1. The summed E-state index contributed by atoms with van der Waals surface area (Å²) in [7, 11) is 0. The molecule has 0 aromatic rings. The zero-order chi connectivity index (χ0) is 10.1. The van der Waals surface area contributed by atoms with Crippen molar-refractivity contribution in [3.8, 4) is 0 Å². The third kappa shape index (κ3) is 2.45. The molecule has 0 aromatic heterocycles. The summed E-state index contributed by atoms with van der Waals surface area (Å²) in [6.45, 7) is 9.68. The van der Waals surface area contributed by atoms with E-state index in [9.17, 15) is 0 Å². The topological polar surface area (TPSA) is 27.1 Å². The molecule has 1 fully saturated rings. The lowest BCUT2D eigenvalue weighted by molar-refractivity contribution is 0.236. The summed E-state index contributed by atoms with van der Waals surface area (Å²) in [5.74, 6) is 0.805. The van der Waals surface area contributed by atoms with Gasteiger partial charge in [0.05, 0.1) is 0 Å². The van der Waals surface area contributed by atoms with Crippen LogP contribution in [-0.2, 0) is 0 Å². The van der Waals surface area contributed by atoms with Gasteiger partial charge in [-0.05, 0) is 26.2 Å². The lowest BCUT2D eigenvalue weighted by atomic mass is 9.91. The van der Waals surface area contributed by atoms with Crippen LogP contribution in [0.3, 0.4) is 0 Å². The van der Waals surface area contributed by atoms with Crippen molar-refractivity contribution in [1.82, 2.24) is 4.90 Å². The van der Waals surface area contributed by atoms with E-state index >= 15 is 0 Å². The first-order chi connectivity index (χ1) is 5.93. The zero-order valence-electron chi connectivity index (χ0n) is 9.35. The molecular formula is C11H22N2. The molecule has 0 radical (unpaired) electrons. The Morgan fingerprint density at radius 2 is 1.92 bits per heavy atom. The van der Waals surface area contributed by atoms with Gasteiger partial charge in [0.1, 0.15) is 5.84 Å². The molecule has 0 amide bonds. The molecule has 1 atom stereocenters. The van der Waals surface area contributed by atoms with Crippen molar-refractivity contribution >= 4 is 5.84 Å². The van der Waals surface area contributed by atoms with E-state index in [2.05, 4.69) is 32.6 Å². The molecule has 76 valence electrons. The summed E-state index contributed by atoms with van der Waals surface area (Å²) < 4.78 is 0. The third-order valence-corrected chi connectivity index (χ3v) is 2.80. The maximum atomic E-state index is 8.09. The number of nitrogens with zero attached hydrogens (tertiary/aromatic N) is 1. The average Bonchev–Trinajstić information content (AvgIpc) is 2.02. The molecule has 1 aliphatic rings. The van der Waals surface area contributed by atoms with Gasteiger partial charge in [-0.25, -0.2) is 0 Å². The molecule has 2 nitrogen and oxygen atoms in total. The lowest BCUT2D eigenvalue weighted by Crippen LogP contribution is -2.46. The van der Waals surface area contributed by atoms with E-state index in [0.29, 0.717) is 6.04 Å². The van der Waals surface area contributed by atoms with Crippen LogP contribution in [0.5, 0.6) is 0 Å². The van der Waals surface area contributed by atoms with Gasteiger partial charge in [-0.15, -0.1) is 0 Å². The molecule has 1 unspecified atom stereocenters. The zero-order valence-corrected chi connectivity index (χ0v) is 9.35. The van der Waals surface area contributed by atoms with Crippen LogP contribution < -0.4 is 0 Å². The highest BCUT2D eigenvalue weighted by atomic mass is 15.2. The molecule has 1 N–H and O–H groups in total. The largest absolute Gasteiger partial charge is 0.357 e. The Kier molecular flexibility index (Phi) is 2.99. The first kappa shape index (κ1) is 10.6. The van der Waals surface area contributed by atoms with Crippen LogP contribution in [0.2, 0.25) is 0 Å². The minimum atomic E-state index is 0.00556. The highest BCUT2D eigenvalue weighted by molar-refractivity contribution is 5.84. The van der Waals surface area contributed by atoms with Crippen molar-refractivity contribution in [2.75, 3.05) is 6.54 Å². The normalized spacial score (nSPS) is 24.6. The molecule has 1 heterocycles. The number of hydrogen-bond donors (Lipinski definition) is 1. The van der Waals surface area contributed by atoms with Crippen molar-refractivity contribution in [1.29, 1.82) is 5.41 Å². The van der Waals surface area contributed by atoms with Crippen LogP contribution in [0.15, 0.2) is 0 Å². The molecule has 13 heavy (non-hydrogen) atoms. The Morgan fingerprint density at radius 1 is 1.31 bits per heavy atom. The van der Waals surface area contributed by atoms with Gasteiger partial charge in [0.25, 0.3) is 0 Å². The van der Waals surface area contributed by atoms with Crippen LogP contribution in [0.4, 0.5) is 0 Å². The molecule has 0 saturated carbocycles. The van der Waals surface area contributed by atoms with E-state index < -0.39 is 0 Å². The highest BCUT2D eigenvalue weighted by Gasteiger charge is 2.27. The van der Waals surface area contributed by atoms with E-state index in [0.717, 1.165) is 12.4 Å². The summed E-state index contributed by atoms with van der Waals surface area (Å²) in [5.41, 5.74) is 0.00556. The quantitative estimate of drug-likeness (QED) is 0.452. The summed E-state index contributed by atoms with van der Waals surface area (Å²) >= 11 is 0. The molecule has 2 heteroatoms. The van der Waals surface area contributed by atoms with Gasteiger partial charge in [0.15, 0.2) is 0 Å². The molecule has 0 spiro atoms. The average molecular weight is 182 g/mol. The lowest BCUT2D eigenvalue weighted by Gasteiger charge is -2.40. The van der Waals surface area contributed by atoms with Crippen molar-refractivity contribution in [3.05, 3.63) is 0 Å². The molecule has 1 saturated heterocycles. The summed E-state index contributed by atoms with van der Waals surface area (Å²) in [6.07, 6.45) is 3.83. The Balaban J connectivity index is 2.64. The van der Waals surface area contributed by atoms with Gasteiger partial charge >= 0.3 is 0 Å². The smallest absolute Gasteiger partial charge is 0.101 e. The summed E-state index contributed by atoms with van der Waals surface area (Å²) in [5, 5.41) is 8.09. The summed E-state index contributed by atoms with van der Waals surface area (Å²) in [4.78, 5) is 2.27. The van der Waals surface area contributed by atoms with E-state index in [1.807, 2.05) is 0 Å². The van der Waals surface area contributed by atoms with Crippen molar-refractivity contribution in [2.24, 2.45) is 5.41 Å². The fourth-order valence-electron chi connectivity index (χ4n) is 1.86. The minimum absolute atomic E-state index is 0.00556. The van der Waals surface area contributed by atoms with Gasteiger partial charge in [-0.3, -0.25) is 5.41 Å². The standard InChI is InChI=1S/C11H22N2/c1-9-7-5-6-8-13(9)10(12)11(2,3)4/h9,12H,5-8H2,1-4H3. The Labute approximate surface area is 81.8 Å². The van der Waals surface area contributed by atoms with Crippen LogP contribution in [-0.4, -0.2) is 23.3 Å². The fraction of sp³-hybridized carbons (Fsp3) is 0.909. The first-order valence-electron chi connectivity index (χ1n) is 5.28.